The van der Waals surface area contributed by atoms with Crippen LogP contribution in [0.3, 0.4) is 0 Å². The second kappa shape index (κ2) is 10.3. The Hall–Kier alpha value is -3.66. The van der Waals surface area contributed by atoms with Crippen molar-refractivity contribution in [2.45, 2.75) is 26.3 Å². The van der Waals surface area contributed by atoms with Crippen molar-refractivity contribution < 1.29 is 24.5 Å². The molecular formula is C23H28FN5O4. The topological polar surface area (TPSA) is 124 Å². The normalized spacial score (nSPS) is 14.2. The number of nitrogens with one attached hydrogen (secondary N) is 2. The van der Waals surface area contributed by atoms with Gasteiger partial charge in [-0.2, -0.15) is 0 Å². The molecule has 2 aromatic rings. The van der Waals surface area contributed by atoms with Crippen LogP contribution in [0.4, 0.5) is 10.2 Å². The summed E-state index contributed by atoms with van der Waals surface area (Å²) >= 11 is 0. The lowest BCUT2D eigenvalue weighted by atomic mass is 9.98. The Morgan fingerprint density at radius 3 is 2.30 bits per heavy atom. The molecule has 1 aliphatic rings. The van der Waals surface area contributed by atoms with Gasteiger partial charge >= 0.3 is 6.02 Å². The number of piperazine rings is 1. The van der Waals surface area contributed by atoms with Gasteiger partial charge in [-0.15, -0.1) is 0 Å². The minimum absolute atomic E-state index is 0.0235. The maximum absolute atomic E-state index is 13.0. The van der Waals surface area contributed by atoms with Gasteiger partial charge in [-0.25, -0.2) is 10.3 Å². The first kappa shape index (κ1) is 24.0. The summed E-state index contributed by atoms with van der Waals surface area (Å²) in [6.07, 6.45) is 0.855. The molecule has 0 bridgehead atoms. The maximum Gasteiger partial charge on any atom is 0.339 e. The van der Waals surface area contributed by atoms with E-state index < -0.39 is 6.02 Å². The second-order valence-electron chi connectivity index (χ2n) is 8.23. The molecule has 1 heterocycles. The summed E-state index contributed by atoms with van der Waals surface area (Å²) in [6.45, 7) is 7.23. The first-order valence-electron chi connectivity index (χ1n) is 10.6. The second-order valence-corrected chi connectivity index (χ2v) is 8.23. The van der Waals surface area contributed by atoms with E-state index in [4.69, 9.17) is 10.8 Å². The highest BCUT2D eigenvalue weighted by atomic mass is 19.3. The summed E-state index contributed by atoms with van der Waals surface area (Å²) in [4.78, 5) is 19.3. The average molecular weight is 458 g/mol. The summed E-state index contributed by atoms with van der Waals surface area (Å²) in [5, 5.41) is 36.8. The maximum atomic E-state index is 13.0. The van der Waals surface area contributed by atoms with Crippen molar-refractivity contribution >= 4 is 24.0 Å². The van der Waals surface area contributed by atoms with Gasteiger partial charge in [0, 0.05) is 43.3 Å². The first-order chi connectivity index (χ1) is 15.7. The zero-order chi connectivity index (χ0) is 24.1. The molecule has 3 rings (SSSR count). The van der Waals surface area contributed by atoms with Crippen molar-refractivity contribution in [3.8, 4) is 11.5 Å². The SMILES string of the molecule is CC(C)c1cc(C(=N)N(C(=N)OF)c2ccc(CN3CCN(C=O)CC3)cc2)c(O)cc1O. The van der Waals surface area contributed by atoms with Crippen LogP contribution in [0, 0.1) is 10.8 Å². The third kappa shape index (κ3) is 5.40. The predicted molar refractivity (Wildman–Crippen MR) is 122 cm³/mol. The summed E-state index contributed by atoms with van der Waals surface area (Å²) < 4.78 is 13.0. The van der Waals surface area contributed by atoms with Crippen molar-refractivity contribution in [3.63, 3.8) is 0 Å². The number of amidine groups is 2. The average Bonchev–Trinajstić information content (AvgIpc) is 2.80. The molecule has 1 amide bonds. The van der Waals surface area contributed by atoms with E-state index in [0.717, 1.165) is 36.0 Å². The molecule has 33 heavy (non-hydrogen) atoms. The summed E-state index contributed by atoms with van der Waals surface area (Å²) in [5.41, 5.74) is 1.81. The molecule has 0 atom stereocenters. The van der Waals surface area contributed by atoms with Gasteiger partial charge in [0.25, 0.3) is 0 Å². The third-order valence-corrected chi connectivity index (χ3v) is 5.68. The number of hydrogen-bond acceptors (Lipinski definition) is 7. The third-order valence-electron chi connectivity index (χ3n) is 5.68. The standard InChI is InChI=1S/C23H28FN5O4/c1-15(2)18-11-19(21(32)12-20(18)31)22(25)29(23(26)33-24)17-5-3-16(4-6-17)13-27-7-9-28(14-30)10-8-27/h3-6,11-12,14-15,25-26,31-32H,7-10,13H2,1-2H3. The van der Waals surface area contributed by atoms with Crippen LogP contribution in [0.5, 0.6) is 11.5 Å². The van der Waals surface area contributed by atoms with Crippen molar-refractivity contribution in [3.05, 3.63) is 53.1 Å². The van der Waals surface area contributed by atoms with Crippen LogP contribution in [-0.4, -0.2) is 64.5 Å². The predicted octanol–water partition coefficient (Wildman–Crippen LogP) is 3.16. The molecule has 4 N–H and O–H groups in total. The van der Waals surface area contributed by atoms with Crippen LogP contribution in [0.25, 0.3) is 0 Å². The lowest BCUT2D eigenvalue weighted by Gasteiger charge is -2.32. The number of amides is 1. The van der Waals surface area contributed by atoms with E-state index in [0.29, 0.717) is 30.9 Å². The highest BCUT2D eigenvalue weighted by Crippen LogP contribution is 2.33. The molecule has 176 valence electrons. The van der Waals surface area contributed by atoms with Gasteiger partial charge in [-0.05, 0) is 35.2 Å². The number of benzene rings is 2. The van der Waals surface area contributed by atoms with Crippen molar-refractivity contribution in [1.82, 2.24) is 9.80 Å². The number of carbonyl (C=O) groups excluding carboxylic acids is 1. The fraction of sp³-hybridized carbons (Fsp3) is 0.348. The Bertz CT molecular complexity index is 1020. The lowest BCUT2D eigenvalue weighted by molar-refractivity contribution is -0.119. The number of halogens is 1. The number of carbonyl (C=O) groups is 1. The number of aromatic hydroxyl groups is 2. The minimum Gasteiger partial charge on any atom is -0.508 e. The molecule has 0 radical (unpaired) electrons. The van der Waals surface area contributed by atoms with Crippen molar-refractivity contribution in [1.29, 1.82) is 10.8 Å². The van der Waals surface area contributed by atoms with E-state index >= 15 is 0 Å². The smallest absolute Gasteiger partial charge is 0.339 e. The van der Waals surface area contributed by atoms with Crippen LogP contribution < -0.4 is 4.90 Å². The molecule has 0 unspecified atom stereocenters. The van der Waals surface area contributed by atoms with Crippen LogP contribution in [0.1, 0.15) is 36.5 Å². The fourth-order valence-corrected chi connectivity index (χ4v) is 3.78. The number of hydrogen-bond donors (Lipinski definition) is 4. The molecule has 1 fully saturated rings. The molecule has 1 saturated heterocycles. The van der Waals surface area contributed by atoms with Crippen LogP contribution in [0.2, 0.25) is 0 Å². The quantitative estimate of drug-likeness (QED) is 0.300. The van der Waals surface area contributed by atoms with Gasteiger partial charge in [-0.1, -0.05) is 26.0 Å². The molecule has 0 aromatic heterocycles. The molecular weight excluding hydrogens is 429 g/mol. The van der Waals surface area contributed by atoms with Gasteiger partial charge in [0.2, 0.25) is 6.41 Å². The highest BCUT2D eigenvalue weighted by Gasteiger charge is 2.25. The van der Waals surface area contributed by atoms with Crippen LogP contribution in [-0.2, 0) is 16.3 Å². The molecule has 9 nitrogen and oxygen atoms in total. The Morgan fingerprint density at radius 1 is 1.12 bits per heavy atom. The molecule has 0 spiro atoms. The Labute approximate surface area is 191 Å². The first-order valence-corrected chi connectivity index (χ1v) is 10.6. The Balaban J connectivity index is 1.84. The van der Waals surface area contributed by atoms with Crippen molar-refractivity contribution in [2.75, 3.05) is 31.1 Å². The van der Waals surface area contributed by atoms with Gasteiger partial charge in [0.1, 0.15) is 17.3 Å². The number of nitrogens with zero attached hydrogens (tertiary/aromatic N) is 3. The largest absolute Gasteiger partial charge is 0.508 e. The monoisotopic (exact) mass is 457 g/mol. The van der Waals surface area contributed by atoms with E-state index in [-0.39, 0.29) is 28.8 Å². The number of phenols is 2. The Kier molecular flexibility index (Phi) is 7.49. The van der Waals surface area contributed by atoms with Crippen LogP contribution >= 0.6 is 0 Å². The highest BCUT2D eigenvalue weighted by molar-refractivity contribution is 6.21. The van der Waals surface area contributed by atoms with E-state index in [2.05, 4.69) is 9.84 Å². The molecule has 2 aromatic carbocycles. The van der Waals surface area contributed by atoms with E-state index in [9.17, 15) is 19.5 Å². The van der Waals surface area contributed by atoms with E-state index in [1.54, 1.807) is 17.0 Å². The van der Waals surface area contributed by atoms with Gasteiger partial charge in [-0.3, -0.25) is 20.0 Å². The van der Waals surface area contributed by atoms with Gasteiger partial charge in [0.05, 0.1) is 11.3 Å². The fourth-order valence-electron chi connectivity index (χ4n) is 3.78. The molecule has 0 saturated carbocycles. The Morgan fingerprint density at radius 2 is 1.76 bits per heavy atom. The number of phenolic OH excluding ortho intramolecular Hbond substituents is 2. The number of rotatable bonds is 6. The number of anilines is 1. The lowest BCUT2D eigenvalue weighted by Crippen LogP contribution is -2.45. The van der Waals surface area contributed by atoms with Crippen molar-refractivity contribution in [2.24, 2.45) is 0 Å². The van der Waals surface area contributed by atoms with Gasteiger partial charge in [0.15, 0.2) is 0 Å². The van der Waals surface area contributed by atoms with Crippen LogP contribution in [0.15, 0.2) is 36.4 Å². The summed E-state index contributed by atoms with van der Waals surface area (Å²) in [6, 6.07) is 8.54. The van der Waals surface area contributed by atoms with Gasteiger partial charge < -0.3 is 15.1 Å². The van der Waals surface area contributed by atoms with E-state index in [1.165, 1.54) is 6.07 Å². The molecule has 0 aliphatic carbocycles. The zero-order valence-corrected chi connectivity index (χ0v) is 18.6. The van der Waals surface area contributed by atoms with E-state index in [1.807, 2.05) is 26.0 Å². The summed E-state index contributed by atoms with van der Waals surface area (Å²) in [7, 11) is 0. The molecule has 1 aliphatic heterocycles. The molecule has 10 heteroatoms. The zero-order valence-electron chi connectivity index (χ0n) is 18.6. The minimum atomic E-state index is -0.934. The summed E-state index contributed by atoms with van der Waals surface area (Å²) in [5.74, 6) is -0.949.